The summed E-state index contributed by atoms with van der Waals surface area (Å²) in [7, 11) is 0. The van der Waals surface area contributed by atoms with Crippen LogP contribution in [0.1, 0.15) is 35.2 Å². The third-order valence-electron chi connectivity index (χ3n) is 6.08. The van der Waals surface area contributed by atoms with Gasteiger partial charge in [0, 0.05) is 36.0 Å². The standard InChI is InChI=1S/C26H24N4O4/c1-17-5-7-18(8-6-17)26-28-21-16-20(10-12-24(21)34-26)27-25(31)19-9-11-22(23(15-19)30(32)33)29-13-3-2-4-14-29/h5-12,15-16H,2-4,13-14H2,1H3,(H,27,31). The second kappa shape index (κ2) is 8.97. The van der Waals surface area contributed by atoms with Crippen molar-refractivity contribution >= 4 is 34.1 Å². The van der Waals surface area contributed by atoms with Crippen molar-refractivity contribution in [3.05, 3.63) is 81.9 Å². The van der Waals surface area contributed by atoms with Crippen molar-refractivity contribution in [3.8, 4) is 11.5 Å². The first-order valence-electron chi connectivity index (χ1n) is 11.3. The number of nitrogens with zero attached hydrogens (tertiary/aromatic N) is 3. The molecule has 0 saturated carbocycles. The van der Waals surface area contributed by atoms with E-state index in [1.807, 2.05) is 36.1 Å². The van der Waals surface area contributed by atoms with Crippen molar-refractivity contribution in [1.82, 2.24) is 4.98 Å². The number of rotatable bonds is 5. The van der Waals surface area contributed by atoms with Crippen LogP contribution in [0.4, 0.5) is 17.1 Å². The summed E-state index contributed by atoms with van der Waals surface area (Å²) < 4.78 is 5.85. The van der Waals surface area contributed by atoms with E-state index in [1.54, 1.807) is 30.3 Å². The van der Waals surface area contributed by atoms with Crippen molar-refractivity contribution in [1.29, 1.82) is 0 Å². The number of oxazole rings is 1. The first kappa shape index (κ1) is 21.6. The molecule has 1 N–H and O–H groups in total. The van der Waals surface area contributed by atoms with Gasteiger partial charge in [0.05, 0.1) is 4.92 Å². The Morgan fingerprint density at radius 1 is 1.03 bits per heavy atom. The highest BCUT2D eigenvalue weighted by Gasteiger charge is 2.23. The predicted octanol–water partition coefficient (Wildman–Crippen LogP) is 5.95. The lowest BCUT2D eigenvalue weighted by Crippen LogP contribution is -2.30. The minimum absolute atomic E-state index is 0.0516. The molecule has 34 heavy (non-hydrogen) atoms. The van der Waals surface area contributed by atoms with Crippen LogP contribution in [0.2, 0.25) is 0 Å². The average Bonchev–Trinajstić information content (AvgIpc) is 3.28. The summed E-state index contributed by atoms with van der Waals surface area (Å²) in [4.78, 5) is 30.7. The molecule has 4 aromatic rings. The van der Waals surface area contributed by atoms with Gasteiger partial charge in [0.2, 0.25) is 5.89 Å². The van der Waals surface area contributed by atoms with Gasteiger partial charge in [-0.05, 0) is 68.7 Å². The molecule has 0 spiro atoms. The third kappa shape index (κ3) is 4.34. The van der Waals surface area contributed by atoms with Crippen LogP contribution >= 0.6 is 0 Å². The lowest BCUT2D eigenvalue weighted by Gasteiger charge is -2.28. The number of fused-ring (bicyclic) bond motifs is 1. The summed E-state index contributed by atoms with van der Waals surface area (Å²) in [5.41, 5.74) is 4.51. The summed E-state index contributed by atoms with van der Waals surface area (Å²) in [5.74, 6) is 0.0808. The van der Waals surface area contributed by atoms with Crippen molar-refractivity contribution in [2.24, 2.45) is 0 Å². The van der Waals surface area contributed by atoms with E-state index in [9.17, 15) is 14.9 Å². The molecule has 8 heteroatoms. The second-order valence-electron chi connectivity index (χ2n) is 8.53. The molecule has 1 aliphatic rings. The Morgan fingerprint density at radius 3 is 2.53 bits per heavy atom. The van der Waals surface area contributed by atoms with E-state index in [0.29, 0.717) is 28.4 Å². The quantitative estimate of drug-likeness (QED) is 0.294. The molecule has 0 bridgehead atoms. The van der Waals surface area contributed by atoms with Crippen LogP contribution in [0.15, 0.2) is 65.1 Å². The lowest BCUT2D eigenvalue weighted by atomic mass is 10.1. The molecule has 1 aromatic heterocycles. The van der Waals surface area contributed by atoms with Gasteiger partial charge in [0.1, 0.15) is 11.2 Å². The molecule has 1 fully saturated rings. The predicted molar refractivity (Wildman–Crippen MR) is 131 cm³/mol. The number of carbonyl (C=O) groups excluding carboxylic acids is 1. The Balaban J connectivity index is 1.38. The molecule has 8 nitrogen and oxygen atoms in total. The van der Waals surface area contributed by atoms with Crippen LogP contribution < -0.4 is 10.2 Å². The summed E-state index contributed by atoms with van der Waals surface area (Å²) >= 11 is 0. The van der Waals surface area contributed by atoms with Crippen molar-refractivity contribution in [3.63, 3.8) is 0 Å². The molecular formula is C26H24N4O4. The van der Waals surface area contributed by atoms with Crippen molar-refractivity contribution in [2.45, 2.75) is 26.2 Å². The van der Waals surface area contributed by atoms with Crippen LogP contribution in [0.5, 0.6) is 0 Å². The number of hydrogen-bond acceptors (Lipinski definition) is 6. The number of nitrogens with one attached hydrogen (secondary N) is 1. The first-order chi connectivity index (χ1) is 16.5. The van der Waals surface area contributed by atoms with Crippen molar-refractivity contribution in [2.75, 3.05) is 23.3 Å². The first-order valence-corrected chi connectivity index (χ1v) is 11.3. The molecular weight excluding hydrogens is 432 g/mol. The number of piperidine rings is 1. The van der Waals surface area contributed by atoms with E-state index < -0.39 is 10.8 Å². The SMILES string of the molecule is Cc1ccc(-c2nc3cc(NC(=O)c4ccc(N5CCCCC5)c([N+](=O)[O-])c4)ccc3o2)cc1. The Morgan fingerprint density at radius 2 is 1.79 bits per heavy atom. The van der Waals surface area contributed by atoms with Crippen LogP contribution in [0, 0.1) is 17.0 Å². The number of benzene rings is 3. The topological polar surface area (TPSA) is 102 Å². The smallest absolute Gasteiger partial charge is 0.293 e. The molecule has 172 valence electrons. The third-order valence-corrected chi connectivity index (χ3v) is 6.08. The minimum Gasteiger partial charge on any atom is -0.436 e. The molecule has 0 radical (unpaired) electrons. The highest BCUT2D eigenvalue weighted by atomic mass is 16.6. The zero-order valence-electron chi connectivity index (χ0n) is 18.8. The van der Waals surface area contributed by atoms with Gasteiger partial charge >= 0.3 is 0 Å². The van der Waals surface area contributed by atoms with Gasteiger partial charge in [0.15, 0.2) is 5.58 Å². The number of aromatic nitrogens is 1. The molecule has 2 heterocycles. The maximum absolute atomic E-state index is 12.9. The summed E-state index contributed by atoms with van der Waals surface area (Å²) in [5, 5.41) is 14.5. The van der Waals surface area contributed by atoms with Crippen LogP contribution in [-0.4, -0.2) is 28.9 Å². The van der Waals surface area contributed by atoms with Gasteiger partial charge in [-0.15, -0.1) is 0 Å². The highest BCUT2D eigenvalue weighted by Crippen LogP contribution is 2.32. The van der Waals surface area contributed by atoms with Crippen LogP contribution in [0.25, 0.3) is 22.6 Å². The van der Waals surface area contributed by atoms with Gasteiger partial charge < -0.3 is 14.6 Å². The van der Waals surface area contributed by atoms with E-state index in [1.165, 1.54) is 6.07 Å². The van der Waals surface area contributed by atoms with E-state index >= 15 is 0 Å². The fraction of sp³-hybridized carbons (Fsp3) is 0.231. The fourth-order valence-corrected chi connectivity index (χ4v) is 4.24. The second-order valence-corrected chi connectivity index (χ2v) is 8.53. The van der Waals surface area contributed by atoms with E-state index in [2.05, 4.69) is 10.3 Å². The number of nitro benzene ring substituents is 1. The summed E-state index contributed by atoms with van der Waals surface area (Å²) in [6, 6.07) is 17.7. The molecule has 1 aliphatic heterocycles. The number of nitro groups is 1. The lowest BCUT2D eigenvalue weighted by molar-refractivity contribution is -0.384. The molecule has 1 saturated heterocycles. The Hall–Kier alpha value is -4.20. The monoisotopic (exact) mass is 456 g/mol. The molecule has 3 aromatic carbocycles. The average molecular weight is 457 g/mol. The highest BCUT2D eigenvalue weighted by molar-refractivity contribution is 6.05. The minimum atomic E-state index is -0.422. The number of amides is 1. The van der Waals surface area contributed by atoms with Gasteiger partial charge in [-0.25, -0.2) is 4.98 Å². The van der Waals surface area contributed by atoms with E-state index in [4.69, 9.17) is 4.42 Å². The van der Waals surface area contributed by atoms with Gasteiger partial charge in [-0.2, -0.15) is 0 Å². The normalized spacial score (nSPS) is 13.7. The largest absolute Gasteiger partial charge is 0.436 e. The Bertz CT molecular complexity index is 1370. The number of carbonyl (C=O) groups is 1. The number of anilines is 2. The van der Waals surface area contributed by atoms with Gasteiger partial charge in [0.25, 0.3) is 11.6 Å². The maximum atomic E-state index is 12.9. The summed E-state index contributed by atoms with van der Waals surface area (Å²) in [6.07, 6.45) is 3.15. The van der Waals surface area contributed by atoms with Crippen LogP contribution in [-0.2, 0) is 0 Å². The van der Waals surface area contributed by atoms with Crippen LogP contribution in [0.3, 0.4) is 0 Å². The Kier molecular flexibility index (Phi) is 5.71. The zero-order valence-corrected chi connectivity index (χ0v) is 18.8. The zero-order chi connectivity index (χ0) is 23.7. The van der Waals surface area contributed by atoms with Gasteiger partial charge in [-0.1, -0.05) is 17.7 Å². The molecule has 0 aliphatic carbocycles. The van der Waals surface area contributed by atoms with Crippen molar-refractivity contribution < 1.29 is 14.1 Å². The Labute approximate surface area is 196 Å². The van der Waals surface area contributed by atoms with E-state index in [0.717, 1.165) is 43.5 Å². The van der Waals surface area contributed by atoms with E-state index in [-0.39, 0.29) is 11.3 Å². The number of hydrogen-bond donors (Lipinski definition) is 1. The maximum Gasteiger partial charge on any atom is 0.293 e. The summed E-state index contributed by atoms with van der Waals surface area (Å²) in [6.45, 7) is 3.59. The molecule has 0 unspecified atom stereocenters. The molecule has 0 atom stereocenters. The molecule has 1 amide bonds. The molecule has 5 rings (SSSR count). The van der Waals surface area contributed by atoms with Gasteiger partial charge in [-0.3, -0.25) is 14.9 Å². The number of aryl methyl sites for hydroxylation is 1. The fourth-order valence-electron chi connectivity index (χ4n) is 4.24.